The van der Waals surface area contributed by atoms with E-state index in [2.05, 4.69) is 22.9 Å². The van der Waals surface area contributed by atoms with Crippen LogP contribution >= 0.6 is 27.5 Å². The predicted octanol–water partition coefficient (Wildman–Crippen LogP) is 4.70. The third kappa shape index (κ3) is 5.26. The second-order valence-electron chi connectivity index (χ2n) is 5.28. The summed E-state index contributed by atoms with van der Waals surface area (Å²) in [4.78, 5) is 13.8. The fraction of sp³-hybridized carbons (Fsp3) is 0.278. The molecule has 1 amide bonds. The lowest BCUT2D eigenvalue weighted by Gasteiger charge is -2.18. The fourth-order valence-electron chi connectivity index (χ4n) is 2.08. The Hall–Kier alpha value is -1.52. The first-order valence-electron chi connectivity index (χ1n) is 7.39. The summed E-state index contributed by atoms with van der Waals surface area (Å²) in [6.07, 6.45) is 0.960. The number of likely N-dealkylation sites (N-methyl/N-ethyl adjacent to an activating group) is 1. The molecule has 0 saturated heterocycles. The summed E-state index contributed by atoms with van der Waals surface area (Å²) in [6.45, 7) is 2.63. The molecule has 5 heteroatoms. The second kappa shape index (κ2) is 8.37. The molecule has 0 aromatic heterocycles. The van der Waals surface area contributed by atoms with Gasteiger partial charge >= 0.3 is 0 Å². The first kappa shape index (κ1) is 17.8. The number of benzene rings is 2. The zero-order valence-electron chi connectivity index (χ0n) is 13.2. The fourth-order valence-corrected chi connectivity index (χ4v) is 2.75. The lowest BCUT2D eigenvalue weighted by atomic mass is 10.2. The normalized spacial score (nSPS) is 10.4. The van der Waals surface area contributed by atoms with Crippen LogP contribution in [0.25, 0.3) is 0 Å². The van der Waals surface area contributed by atoms with Gasteiger partial charge in [-0.25, -0.2) is 0 Å². The van der Waals surface area contributed by atoms with Crippen molar-refractivity contribution in [3.8, 4) is 5.75 Å². The van der Waals surface area contributed by atoms with Crippen molar-refractivity contribution in [2.24, 2.45) is 0 Å². The highest BCUT2D eigenvalue weighted by Crippen LogP contribution is 2.26. The number of carbonyl (C=O) groups is 1. The number of rotatable bonds is 6. The molecule has 2 rings (SSSR count). The van der Waals surface area contributed by atoms with Crippen LogP contribution in [0.4, 0.5) is 0 Å². The maximum atomic E-state index is 12.2. The van der Waals surface area contributed by atoms with Crippen LogP contribution in [0.15, 0.2) is 46.9 Å². The van der Waals surface area contributed by atoms with E-state index in [-0.39, 0.29) is 12.5 Å². The Morgan fingerprint density at radius 2 is 1.83 bits per heavy atom. The summed E-state index contributed by atoms with van der Waals surface area (Å²) in [5.74, 6) is 0.599. The molecule has 0 aliphatic rings. The summed E-state index contributed by atoms with van der Waals surface area (Å²) in [6, 6.07) is 13.4. The first-order valence-corrected chi connectivity index (χ1v) is 8.56. The minimum atomic E-state index is -0.0774. The molecule has 0 aliphatic heterocycles. The monoisotopic (exact) mass is 395 g/mol. The average molecular weight is 397 g/mol. The Morgan fingerprint density at radius 1 is 1.17 bits per heavy atom. The van der Waals surface area contributed by atoms with Gasteiger partial charge in [-0.05, 0) is 57.7 Å². The van der Waals surface area contributed by atoms with Crippen molar-refractivity contribution in [3.05, 3.63) is 63.1 Å². The maximum absolute atomic E-state index is 12.2. The largest absolute Gasteiger partial charge is 0.483 e. The van der Waals surface area contributed by atoms with Gasteiger partial charge < -0.3 is 9.64 Å². The van der Waals surface area contributed by atoms with Gasteiger partial charge in [0.15, 0.2) is 6.61 Å². The van der Waals surface area contributed by atoms with Gasteiger partial charge in [0.05, 0.1) is 4.47 Å². The Morgan fingerprint density at radius 3 is 2.43 bits per heavy atom. The molecule has 0 unspecified atom stereocenters. The molecule has 0 saturated carbocycles. The summed E-state index contributed by atoms with van der Waals surface area (Å²) in [5.41, 5.74) is 2.24. The molecule has 2 aromatic carbocycles. The van der Waals surface area contributed by atoms with Crippen LogP contribution < -0.4 is 4.74 Å². The van der Waals surface area contributed by atoms with Gasteiger partial charge in [0.2, 0.25) is 0 Å². The van der Waals surface area contributed by atoms with Crippen LogP contribution in [-0.2, 0) is 17.8 Å². The number of aryl methyl sites for hydroxylation is 1. The average Bonchev–Trinajstić information content (AvgIpc) is 2.55. The molecule has 23 heavy (non-hydrogen) atoms. The van der Waals surface area contributed by atoms with E-state index >= 15 is 0 Å². The lowest BCUT2D eigenvalue weighted by Crippen LogP contribution is -2.31. The molecule has 2 aromatic rings. The number of ether oxygens (including phenoxy) is 1. The Labute approximate surface area is 150 Å². The van der Waals surface area contributed by atoms with E-state index in [1.54, 1.807) is 11.9 Å². The molecule has 0 aliphatic carbocycles. The van der Waals surface area contributed by atoms with Crippen molar-refractivity contribution in [2.45, 2.75) is 19.9 Å². The molecule has 0 atom stereocenters. The van der Waals surface area contributed by atoms with Gasteiger partial charge in [-0.1, -0.05) is 36.7 Å². The van der Waals surface area contributed by atoms with Gasteiger partial charge in [0, 0.05) is 18.6 Å². The molecule has 3 nitrogen and oxygen atoms in total. The molecule has 0 bridgehead atoms. The number of nitrogens with zero attached hydrogens (tertiary/aromatic N) is 1. The number of carbonyl (C=O) groups excluding carboxylic acids is 1. The first-order chi connectivity index (χ1) is 11.0. The third-order valence-corrected chi connectivity index (χ3v) is 4.39. The molecule has 0 N–H and O–H groups in total. The van der Waals surface area contributed by atoms with E-state index < -0.39 is 0 Å². The standard InChI is InChI=1S/C18H19BrClNO2/c1-3-13-6-9-17(16(19)10-13)23-12-18(22)21(2)11-14-4-7-15(20)8-5-14/h4-10H,3,11-12H2,1-2H3. The lowest BCUT2D eigenvalue weighted by molar-refractivity contribution is -0.132. The van der Waals surface area contributed by atoms with Crippen molar-refractivity contribution < 1.29 is 9.53 Å². The van der Waals surface area contributed by atoms with Gasteiger partial charge in [0.25, 0.3) is 5.91 Å². The molecule has 0 heterocycles. The zero-order valence-corrected chi connectivity index (χ0v) is 15.5. The molecule has 122 valence electrons. The third-order valence-electron chi connectivity index (χ3n) is 3.51. The van der Waals surface area contributed by atoms with Crippen LogP contribution in [0, 0.1) is 0 Å². The van der Waals surface area contributed by atoms with Crippen LogP contribution in [0.3, 0.4) is 0 Å². The van der Waals surface area contributed by atoms with E-state index in [9.17, 15) is 4.79 Å². The van der Waals surface area contributed by atoms with E-state index in [1.165, 1.54) is 5.56 Å². The SMILES string of the molecule is CCc1ccc(OCC(=O)N(C)Cc2ccc(Cl)cc2)c(Br)c1. The van der Waals surface area contributed by atoms with Crippen LogP contribution in [0.1, 0.15) is 18.1 Å². The Kier molecular flexibility index (Phi) is 6.48. The zero-order chi connectivity index (χ0) is 16.8. The number of hydrogen-bond donors (Lipinski definition) is 0. The van der Waals surface area contributed by atoms with E-state index in [1.807, 2.05) is 42.5 Å². The van der Waals surface area contributed by atoms with E-state index in [0.717, 1.165) is 16.5 Å². The predicted molar refractivity (Wildman–Crippen MR) is 96.9 cm³/mol. The smallest absolute Gasteiger partial charge is 0.260 e. The van der Waals surface area contributed by atoms with Crippen LogP contribution in [0.5, 0.6) is 5.75 Å². The van der Waals surface area contributed by atoms with E-state index in [0.29, 0.717) is 17.3 Å². The highest BCUT2D eigenvalue weighted by molar-refractivity contribution is 9.10. The second-order valence-corrected chi connectivity index (χ2v) is 6.57. The van der Waals surface area contributed by atoms with E-state index in [4.69, 9.17) is 16.3 Å². The molecular weight excluding hydrogens is 378 g/mol. The number of amides is 1. The van der Waals surface area contributed by atoms with Gasteiger partial charge in [-0.15, -0.1) is 0 Å². The summed E-state index contributed by atoms with van der Waals surface area (Å²) < 4.78 is 6.48. The van der Waals surface area contributed by atoms with Crippen LogP contribution in [-0.4, -0.2) is 24.5 Å². The molecular formula is C18H19BrClNO2. The van der Waals surface area contributed by atoms with Gasteiger partial charge in [-0.3, -0.25) is 4.79 Å². The van der Waals surface area contributed by atoms with Crippen molar-refractivity contribution in [1.29, 1.82) is 0 Å². The topological polar surface area (TPSA) is 29.5 Å². The quantitative estimate of drug-likeness (QED) is 0.708. The summed E-state index contributed by atoms with van der Waals surface area (Å²) >= 11 is 9.33. The number of halogens is 2. The van der Waals surface area contributed by atoms with Crippen molar-refractivity contribution >= 4 is 33.4 Å². The van der Waals surface area contributed by atoms with Crippen molar-refractivity contribution in [3.63, 3.8) is 0 Å². The van der Waals surface area contributed by atoms with Gasteiger partial charge in [-0.2, -0.15) is 0 Å². The summed E-state index contributed by atoms with van der Waals surface area (Å²) in [5, 5.41) is 0.687. The molecule has 0 fully saturated rings. The molecule has 0 spiro atoms. The highest BCUT2D eigenvalue weighted by atomic mass is 79.9. The highest BCUT2D eigenvalue weighted by Gasteiger charge is 2.11. The minimum absolute atomic E-state index is 0.00810. The Bertz CT molecular complexity index is 673. The summed E-state index contributed by atoms with van der Waals surface area (Å²) in [7, 11) is 1.76. The molecule has 0 radical (unpaired) electrons. The van der Waals surface area contributed by atoms with Crippen molar-refractivity contribution in [2.75, 3.05) is 13.7 Å². The van der Waals surface area contributed by atoms with Crippen molar-refractivity contribution in [1.82, 2.24) is 4.90 Å². The maximum Gasteiger partial charge on any atom is 0.260 e. The minimum Gasteiger partial charge on any atom is -0.483 e. The van der Waals surface area contributed by atoms with Crippen LogP contribution in [0.2, 0.25) is 5.02 Å². The Balaban J connectivity index is 1.90. The number of hydrogen-bond acceptors (Lipinski definition) is 2. The van der Waals surface area contributed by atoms with Gasteiger partial charge in [0.1, 0.15) is 5.75 Å².